The lowest BCUT2D eigenvalue weighted by Crippen LogP contribution is -2.64. The molecule has 28 heteroatoms. The first kappa shape index (κ1) is 80.7. The third-order valence-corrected chi connectivity index (χ3v) is 22.5. The standard InChI is InChI=1S/C70H114ClF3N12O12/c1-13-24-52-65(95)83(11)55(66(96)85-34-21-16-22-35-85)40-57(88)81(9)53(37-44(3)4)61(91)76-60(45(5)14-2)67(97)80(8)42-58(89)78(6)43-59(90)82(10)54(39-46-25-17-15-18-26-46)64(94)79(7)41-56(87)75-50(31-29-47-28-30-48(49(71)38-47)70(72,73)74)63(93)86-36-23-27-51(86)62(92)77-69(32-19-20-33-69)68(98)84(52)12/h44-55,60H,13-43H2,1-12H3,(H,75,87)(H,76,91)(H,77,92)/t45-,47?,48?,49?,50-,51-,52-,53-,54-,55-,60-/m0/s1. The zero-order chi connectivity index (χ0) is 72.7. The minimum absolute atomic E-state index is 0.000643. The first-order chi connectivity index (χ1) is 46.2. The van der Waals surface area contributed by atoms with Gasteiger partial charge < -0.3 is 60.0 Å². The van der Waals surface area contributed by atoms with Gasteiger partial charge in [0.05, 0.1) is 32.0 Å². The van der Waals surface area contributed by atoms with Crippen molar-refractivity contribution in [1.82, 2.24) is 60.0 Å². The quantitative estimate of drug-likeness (QED) is 0.199. The lowest BCUT2D eigenvalue weighted by molar-refractivity contribution is -0.182. The van der Waals surface area contributed by atoms with E-state index < -0.39 is 168 Å². The van der Waals surface area contributed by atoms with E-state index >= 15 is 19.2 Å². The molecule has 3 unspecified atom stereocenters. The predicted octanol–water partition coefficient (Wildman–Crippen LogP) is 5.70. The van der Waals surface area contributed by atoms with Crippen LogP contribution in [0.2, 0.25) is 0 Å². The molecule has 3 saturated carbocycles. The highest BCUT2D eigenvalue weighted by Gasteiger charge is 2.51. The second-order valence-electron chi connectivity index (χ2n) is 29.7. The lowest BCUT2D eigenvalue weighted by atomic mass is 9.78. The SMILES string of the molecule is CCC[C@H]1C(=O)N(C)[C@H](C(=O)N2CCCCC2)CC(=O)N(C)[C@@H](CC(C)C)C(=O)N[C@@H]([C@@H](C)CC)C(=O)N(C)CC(=O)N(C)CC(=O)N(C)[C@@H](CC2CCCCC2)C(=O)N(C)CC(=O)N[C@@H](CCC2CCC(C(F)(F)F)C(Cl)C2)C(=O)N2CCC[C@H]2C(=O)NC2(CCCC2)C(=O)N1C. The maximum absolute atomic E-state index is 15.4. The van der Waals surface area contributed by atoms with Crippen molar-refractivity contribution in [3.05, 3.63) is 0 Å². The number of rotatable bonds is 12. The van der Waals surface area contributed by atoms with E-state index in [1.165, 1.54) is 73.8 Å². The van der Waals surface area contributed by atoms with E-state index in [4.69, 9.17) is 11.6 Å². The van der Waals surface area contributed by atoms with Gasteiger partial charge in [0.2, 0.25) is 70.9 Å². The summed E-state index contributed by atoms with van der Waals surface area (Å²) in [4.78, 5) is 189. The Kier molecular flexibility index (Phi) is 29.9. The average molecular weight is 1410 g/mol. The number of hydrogen-bond acceptors (Lipinski definition) is 12. The van der Waals surface area contributed by atoms with Crippen LogP contribution in [0.25, 0.3) is 0 Å². The lowest BCUT2D eigenvalue weighted by Gasteiger charge is -2.41. The third kappa shape index (κ3) is 20.7. The predicted molar refractivity (Wildman–Crippen MR) is 363 cm³/mol. The van der Waals surface area contributed by atoms with Crippen LogP contribution < -0.4 is 16.0 Å². The molecule has 6 aliphatic rings. The van der Waals surface area contributed by atoms with Crippen LogP contribution in [0.15, 0.2) is 0 Å². The summed E-state index contributed by atoms with van der Waals surface area (Å²) in [7, 11) is 9.95. The summed E-state index contributed by atoms with van der Waals surface area (Å²) in [6, 6.07) is -8.56. The van der Waals surface area contributed by atoms with Crippen molar-refractivity contribution in [3.63, 3.8) is 0 Å². The summed E-state index contributed by atoms with van der Waals surface area (Å²) >= 11 is 6.39. The first-order valence-corrected chi connectivity index (χ1v) is 36.6. The molecule has 554 valence electrons. The number of carbonyl (C=O) groups is 12. The second-order valence-corrected chi connectivity index (χ2v) is 30.3. The summed E-state index contributed by atoms with van der Waals surface area (Å²) in [5, 5.41) is 7.55. The van der Waals surface area contributed by atoms with Gasteiger partial charge in [0.25, 0.3) is 0 Å². The maximum atomic E-state index is 15.4. The van der Waals surface area contributed by atoms with Gasteiger partial charge >= 0.3 is 6.18 Å². The molecule has 3 saturated heterocycles. The molecule has 24 nitrogen and oxygen atoms in total. The number of nitrogens with one attached hydrogen (secondary N) is 3. The van der Waals surface area contributed by atoms with Crippen LogP contribution >= 0.6 is 11.6 Å². The molecule has 3 aliphatic carbocycles. The van der Waals surface area contributed by atoms with Crippen LogP contribution in [0.3, 0.4) is 0 Å². The zero-order valence-electron chi connectivity index (χ0n) is 60.4. The first-order valence-electron chi connectivity index (χ1n) is 36.2. The maximum Gasteiger partial charge on any atom is 0.393 e. The van der Waals surface area contributed by atoms with E-state index in [0.717, 1.165) is 53.2 Å². The van der Waals surface area contributed by atoms with Crippen molar-refractivity contribution in [2.75, 3.05) is 88.6 Å². The molecule has 0 bridgehead atoms. The molecule has 0 aromatic heterocycles. The molecule has 0 radical (unpaired) electrons. The zero-order valence-corrected chi connectivity index (χ0v) is 61.1. The number of likely N-dealkylation sites (tertiary alicyclic amines) is 1. The number of hydrogen-bond donors (Lipinski definition) is 3. The monoisotopic (exact) mass is 1410 g/mol. The van der Waals surface area contributed by atoms with E-state index in [9.17, 15) is 51.5 Å². The molecule has 0 aromatic rings. The summed E-state index contributed by atoms with van der Waals surface area (Å²) < 4.78 is 41.9. The number of likely N-dealkylation sites (N-methyl/N-ethyl adjacent to an activating group) is 7. The Morgan fingerprint density at radius 3 is 1.80 bits per heavy atom. The number of piperidine rings is 1. The van der Waals surface area contributed by atoms with E-state index in [-0.39, 0.29) is 94.9 Å². The van der Waals surface area contributed by atoms with E-state index in [1.54, 1.807) is 11.8 Å². The fourth-order valence-electron chi connectivity index (χ4n) is 15.5. The minimum atomic E-state index is -4.51. The van der Waals surface area contributed by atoms with Crippen molar-refractivity contribution in [2.24, 2.45) is 29.6 Å². The van der Waals surface area contributed by atoms with Crippen LogP contribution in [0, 0.1) is 29.6 Å². The number of halogens is 4. The van der Waals surface area contributed by atoms with Crippen LogP contribution in [-0.2, 0) is 57.5 Å². The number of carbonyl (C=O) groups excluding carboxylic acids is 12. The van der Waals surface area contributed by atoms with Crippen LogP contribution in [0.4, 0.5) is 13.2 Å². The van der Waals surface area contributed by atoms with Gasteiger partial charge in [-0.25, -0.2) is 0 Å². The number of alkyl halides is 4. The largest absolute Gasteiger partial charge is 0.393 e. The van der Waals surface area contributed by atoms with E-state index in [0.29, 0.717) is 58.0 Å². The molecular weight excluding hydrogens is 1290 g/mol. The molecular formula is C70H114ClF3N12O12. The van der Waals surface area contributed by atoms with Gasteiger partial charge in [-0.3, -0.25) is 57.5 Å². The molecule has 6 rings (SSSR count). The van der Waals surface area contributed by atoms with Gasteiger partial charge in [-0.05, 0) is 120 Å². The van der Waals surface area contributed by atoms with Crippen molar-refractivity contribution in [3.8, 4) is 0 Å². The minimum Gasteiger partial charge on any atom is -0.343 e. The average Bonchev–Trinajstić information content (AvgIpc) is 1.58. The van der Waals surface area contributed by atoms with Crippen molar-refractivity contribution in [2.45, 2.75) is 255 Å². The molecule has 3 heterocycles. The molecule has 0 aromatic carbocycles. The van der Waals surface area contributed by atoms with Gasteiger partial charge in [0.15, 0.2) is 0 Å². The second kappa shape index (κ2) is 36.4. The van der Waals surface area contributed by atoms with Gasteiger partial charge in [-0.2, -0.15) is 13.2 Å². The highest BCUT2D eigenvalue weighted by atomic mass is 35.5. The Bertz CT molecular complexity index is 2820. The van der Waals surface area contributed by atoms with Gasteiger partial charge in [0.1, 0.15) is 47.8 Å². The Hall–Kier alpha value is -6.28. The fourth-order valence-corrected chi connectivity index (χ4v) is 16.0. The molecule has 6 fully saturated rings. The normalized spacial score (nSPS) is 29.4. The van der Waals surface area contributed by atoms with Crippen molar-refractivity contribution in [1.29, 1.82) is 0 Å². The molecule has 1 spiro atoms. The smallest absolute Gasteiger partial charge is 0.343 e. The molecule has 98 heavy (non-hydrogen) atoms. The van der Waals surface area contributed by atoms with Gasteiger partial charge in [0, 0.05) is 74.3 Å². The van der Waals surface area contributed by atoms with Crippen LogP contribution in [0.1, 0.15) is 195 Å². The van der Waals surface area contributed by atoms with Gasteiger partial charge in [-0.15, -0.1) is 11.6 Å². The Balaban J connectivity index is 1.40. The highest BCUT2D eigenvalue weighted by Crippen LogP contribution is 2.44. The van der Waals surface area contributed by atoms with Crippen molar-refractivity contribution < 1.29 is 70.7 Å². The Morgan fingerprint density at radius 2 is 1.19 bits per heavy atom. The summed E-state index contributed by atoms with van der Waals surface area (Å²) in [5.74, 6) is -10.3. The fraction of sp³-hybridized carbons (Fsp3) is 0.829. The third-order valence-electron chi connectivity index (χ3n) is 22.0. The molecule has 11 atom stereocenters. The summed E-state index contributed by atoms with van der Waals surface area (Å²) in [6.07, 6.45) is 4.86. The van der Waals surface area contributed by atoms with Gasteiger partial charge in [-0.1, -0.05) is 92.4 Å². The van der Waals surface area contributed by atoms with Crippen LogP contribution in [0.5, 0.6) is 0 Å². The molecule has 3 N–H and O–H groups in total. The van der Waals surface area contributed by atoms with E-state index in [1.807, 2.05) is 27.7 Å². The van der Waals surface area contributed by atoms with Crippen molar-refractivity contribution >= 4 is 82.5 Å². The highest BCUT2D eigenvalue weighted by molar-refractivity contribution is 6.21. The Morgan fingerprint density at radius 1 is 0.582 bits per heavy atom. The Labute approximate surface area is 583 Å². The summed E-state index contributed by atoms with van der Waals surface area (Å²) in [5.41, 5.74) is -1.55. The van der Waals surface area contributed by atoms with E-state index in [2.05, 4.69) is 16.0 Å². The molecule has 12 amide bonds. The topological polar surface area (TPSA) is 270 Å². The van der Waals surface area contributed by atoms with Crippen LogP contribution in [-0.4, -0.2) is 263 Å². The summed E-state index contributed by atoms with van der Waals surface area (Å²) in [6.45, 7) is 8.36. The number of nitrogens with zero attached hydrogens (tertiary/aromatic N) is 9. The number of amides is 12. The number of fused-ring (bicyclic) bond motifs is 1. The molecule has 3 aliphatic heterocycles.